The van der Waals surface area contributed by atoms with Gasteiger partial charge in [0.2, 0.25) is 5.09 Å². The van der Waals surface area contributed by atoms with Crippen LogP contribution in [-0.2, 0) is 16.6 Å². The normalized spacial score (nSPS) is 12.1. The van der Waals surface area contributed by atoms with Gasteiger partial charge in [-0.1, -0.05) is 18.2 Å². The maximum Gasteiger partial charge on any atom is 0.301 e. The van der Waals surface area contributed by atoms with E-state index in [9.17, 15) is 12.8 Å². The number of benzene rings is 2. The van der Waals surface area contributed by atoms with Gasteiger partial charge in [-0.05, 0) is 61.6 Å². The van der Waals surface area contributed by atoms with E-state index in [0.717, 1.165) is 5.56 Å². The van der Waals surface area contributed by atoms with Gasteiger partial charge in [0.25, 0.3) is 0 Å². The number of fused-ring (bicyclic) bond motifs is 1. The van der Waals surface area contributed by atoms with Gasteiger partial charge >= 0.3 is 10.0 Å². The van der Waals surface area contributed by atoms with E-state index in [4.69, 9.17) is 4.42 Å². The van der Waals surface area contributed by atoms with Crippen LogP contribution < -0.4 is 0 Å². The zero-order valence-electron chi connectivity index (χ0n) is 15.5. The molecule has 2 aromatic carbocycles. The van der Waals surface area contributed by atoms with Gasteiger partial charge in [-0.15, -0.1) is 0 Å². The highest BCUT2D eigenvalue weighted by Gasteiger charge is 2.25. The predicted octanol–water partition coefficient (Wildman–Crippen LogP) is 4.34. The number of aromatic nitrogens is 1. The van der Waals surface area contributed by atoms with Crippen molar-refractivity contribution in [2.24, 2.45) is 0 Å². The Morgan fingerprint density at radius 1 is 1.04 bits per heavy atom. The molecule has 0 N–H and O–H groups in total. The molecule has 2 heterocycles. The highest BCUT2D eigenvalue weighted by molar-refractivity contribution is 7.89. The second-order valence-electron chi connectivity index (χ2n) is 6.88. The lowest BCUT2D eigenvalue weighted by atomic mass is 10.1. The molecule has 0 bridgehead atoms. The number of furan rings is 1. The van der Waals surface area contributed by atoms with Gasteiger partial charge in [-0.3, -0.25) is 0 Å². The number of hydrogen-bond acceptors (Lipinski definition) is 4. The fraction of sp³-hybridized carbons (Fsp3) is 0.143. The molecule has 144 valence electrons. The molecule has 4 aromatic rings. The van der Waals surface area contributed by atoms with Crippen LogP contribution >= 0.6 is 0 Å². The summed E-state index contributed by atoms with van der Waals surface area (Å²) in [4.78, 5) is 1.95. The van der Waals surface area contributed by atoms with Gasteiger partial charge in [0, 0.05) is 24.2 Å². The van der Waals surface area contributed by atoms with Gasteiger partial charge in [0.05, 0.1) is 5.69 Å². The van der Waals surface area contributed by atoms with E-state index in [2.05, 4.69) is 0 Å². The molecule has 5 nitrogen and oxygen atoms in total. The number of rotatable bonds is 5. The number of hydrogen-bond donors (Lipinski definition) is 0. The third-order valence-electron chi connectivity index (χ3n) is 4.40. The Labute approximate surface area is 162 Å². The summed E-state index contributed by atoms with van der Waals surface area (Å²) >= 11 is 0. The minimum absolute atomic E-state index is 0.135. The first-order valence-corrected chi connectivity index (χ1v) is 10.1. The molecular formula is C21H19FN2O3S. The maximum atomic E-state index is 13.4. The van der Waals surface area contributed by atoms with Crippen LogP contribution in [0.15, 0.2) is 76.4 Å². The van der Waals surface area contributed by atoms with Crippen LogP contribution in [0.5, 0.6) is 0 Å². The summed E-state index contributed by atoms with van der Waals surface area (Å²) in [5.74, 6) is -0.379. The molecule has 0 saturated heterocycles. The third-order valence-corrected chi connectivity index (χ3v) is 5.93. The Morgan fingerprint density at radius 2 is 1.75 bits per heavy atom. The molecule has 4 rings (SSSR count). The number of para-hydroxylation sites is 1. The van der Waals surface area contributed by atoms with Gasteiger partial charge < -0.3 is 9.32 Å². The first-order chi connectivity index (χ1) is 13.3. The molecule has 0 spiro atoms. The molecule has 0 aliphatic carbocycles. The molecular weight excluding hydrogens is 379 g/mol. The van der Waals surface area contributed by atoms with E-state index < -0.39 is 10.0 Å². The quantitative estimate of drug-likeness (QED) is 0.502. The zero-order valence-corrected chi connectivity index (χ0v) is 16.3. The fourth-order valence-electron chi connectivity index (χ4n) is 3.16. The minimum atomic E-state index is -3.97. The van der Waals surface area contributed by atoms with Gasteiger partial charge in [-0.2, -0.15) is 8.42 Å². The predicted molar refractivity (Wildman–Crippen MR) is 106 cm³/mol. The molecule has 0 aliphatic rings. The highest BCUT2D eigenvalue weighted by atomic mass is 32.2. The van der Waals surface area contributed by atoms with E-state index in [1.807, 2.05) is 25.1 Å². The van der Waals surface area contributed by atoms with Crippen molar-refractivity contribution in [2.45, 2.75) is 11.6 Å². The van der Waals surface area contributed by atoms with Crippen molar-refractivity contribution < 1.29 is 17.2 Å². The Morgan fingerprint density at radius 3 is 2.43 bits per heavy atom. The van der Waals surface area contributed by atoms with E-state index in [1.54, 1.807) is 42.6 Å². The molecule has 0 unspecified atom stereocenters. The molecule has 0 amide bonds. The summed E-state index contributed by atoms with van der Waals surface area (Å²) in [5.41, 5.74) is 2.39. The van der Waals surface area contributed by atoms with Gasteiger partial charge in [-0.25, -0.2) is 8.36 Å². The van der Waals surface area contributed by atoms with Crippen molar-refractivity contribution in [2.75, 3.05) is 14.1 Å². The maximum absolute atomic E-state index is 13.4. The molecule has 0 fully saturated rings. The van der Waals surface area contributed by atoms with Crippen LogP contribution in [0.25, 0.3) is 22.2 Å². The summed E-state index contributed by atoms with van der Waals surface area (Å²) < 4.78 is 46.9. The topological polar surface area (TPSA) is 55.5 Å². The van der Waals surface area contributed by atoms with Crippen LogP contribution in [0.2, 0.25) is 0 Å². The smallest absolute Gasteiger partial charge is 0.301 e. The lowest BCUT2D eigenvalue weighted by Crippen LogP contribution is -2.13. The fourth-order valence-corrected chi connectivity index (χ4v) is 4.52. The lowest BCUT2D eigenvalue weighted by molar-refractivity contribution is 0.402. The molecule has 0 aliphatic heterocycles. The third kappa shape index (κ3) is 3.34. The monoisotopic (exact) mass is 398 g/mol. The van der Waals surface area contributed by atoms with Crippen molar-refractivity contribution in [1.29, 1.82) is 0 Å². The molecule has 2 aromatic heterocycles. The summed E-state index contributed by atoms with van der Waals surface area (Å²) in [6.45, 7) is 0.566. The van der Waals surface area contributed by atoms with Crippen LogP contribution in [0.1, 0.15) is 5.56 Å². The average Bonchev–Trinajstić information content (AvgIpc) is 3.27. The van der Waals surface area contributed by atoms with E-state index in [-0.39, 0.29) is 10.9 Å². The van der Waals surface area contributed by atoms with Crippen molar-refractivity contribution >= 4 is 21.0 Å². The van der Waals surface area contributed by atoms with Crippen LogP contribution in [0, 0.1) is 5.82 Å². The molecule has 28 heavy (non-hydrogen) atoms. The lowest BCUT2D eigenvalue weighted by Gasteiger charge is -2.08. The largest absolute Gasteiger partial charge is 0.443 e. The van der Waals surface area contributed by atoms with E-state index in [1.165, 1.54) is 22.2 Å². The average molecular weight is 398 g/mol. The van der Waals surface area contributed by atoms with Crippen molar-refractivity contribution in [3.05, 3.63) is 78.2 Å². The van der Waals surface area contributed by atoms with Crippen molar-refractivity contribution in [1.82, 2.24) is 8.87 Å². The Kier molecular flexibility index (Phi) is 4.56. The number of nitrogens with zero attached hydrogens (tertiary/aromatic N) is 2. The molecule has 0 radical (unpaired) electrons. The summed E-state index contributed by atoms with van der Waals surface area (Å²) in [6.07, 6.45) is 1.58. The molecule has 0 saturated carbocycles. The first-order valence-electron chi connectivity index (χ1n) is 8.71. The summed E-state index contributed by atoms with van der Waals surface area (Å²) in [6, 6.07) is 16.2. The SMILES string of the molecule is CN(C)Cc1cc(-c2ccc(F)cc2)n(S(=O)(=O)c2cc3ccccc3o2)c1. The standard InChI is InChI=1S/C21H19FN2O3S/c1-23(2)13-15-11-19(16-7-9-18(22)10-8-16)24(14-15)28(25,26)21-12-17-5-3-4-6-20(17)27-21/h3-12,14H,13H2,1-2H3. The molecule has 0 atom stereocenters. The van der Waals surface area contributed by atoms with Crippen LogP contribution in [0.3, 0.4) is 0 Å². The Hall–Kier alpha value is -2.90. The van der Waals surface area contributed by atoms with Crippen molar-refractivity contribution in [3.63, 3.8) is 0 Å². The van der Waals surface area contributed by atoms with Gasteiger partial charge in [0.15, 0.2) is 0 Å². The molecule has 7 heteroatoms. The zero-order chi connectivity index (χ0) is 19.9. The number of halogens is 1. The highest BCUT2D eigenvalue weighted by Crippen LogP contribution is 2.30. The Bertz CT molecular complexity index is 1210. The van der Waals surface area contributed by atoms with Gasteiger partial charge in [0.1, 0.15) is 11.4 Å². The Balaban J connectivity index is 1.88. The second kappa shape index (κ2) is 6.92. The van der Waals surface area contributed by atoms with E-state index in [0.29, 0.717) is 28.8 Å². The van der Waals surface area contributed by atoms with E-state index >= 15 is 0 Å². The van der Waals surface area contributed by atoms with Crippen LogP contribution in [-0.4, -0.2) is 31.4 Å². The summed E-state index contributed by atoms with van der Waals surface area (Å²) in [7, 11) is -0.156. The minimum Gasteiger partial charge on any atom is -0.443 e. The second-order valence-corrected chi connectivity index (χ2v) is 8.63. The van der Waals surface area contributed by atoms with Crippen molar-refractivity contribution in [3.8, 4) is 11.3 Å². The summed E-state index contributed by atoms with van der Waals surface area (Å²) in [5, 5.41) is 0.578. The first kappa shape index (κ1) is 18.5. The van der Waals surface area contributed by atoms with Crippen LogP contribution in [0.4, 0.5) is 4.39 Å².